The number of aromatic amines is 1. The summed E-state index contributed by atoms with van der Waals surface area (Å²) in [5.41, 5.74) is 1.67. The van der Waals surface area contributed by atoms with Crippen molar-refractivity contribution in [3.05, 3.63) is 36.0 Å². The normalized spacial score (nSPS) is 17.4. The Balaban J connectivity index is 1.69. The van der Waals surface area contributed by atoms with Gasteiger partial charge < -0.3 is 15.2 Å². The number of para-hydroxylation sites is 1. The summed E-state index contributed by atoms with van der Waals surface area (Å²) in [5, 5.41) is 4.26. The first-order valence-corrected chi connectivity index (χ1v) is 7.37. The number of benzene rings is 1. The Kier molecular flexibility index (Phi) is 3.74. The van der Waals surface area contributed by atoms with Gasteiger partial charge in [0.2, 0.25) is 0 Å². The molecule has 1 aromatic carbocycles. The minimum Gasteiger partial charge on any atom is -0.361 e. The minimum absolute atomic E-state index is 0.0352. The first-order valence-electron chi connectivity index (χ1n) is 7.37. The summed E-state index contributed by atoms with van der Waals surface area (Å²) in [7, 11) is 0. The first-order chi connectivity index (χ1) is 9.78. The predicted octanol–water partition coefficient (Wildman–Crippen LogP) is 2.38. The van der Waals surface area contributed by atoms with E-state index in [1.165, 1.54) is 0 Å². The van der Waals surface area contributed by atoms with Crippen molar-refractivity contribution in [3.63, 3.8) is 0 Å². The number of piperidine rings is 1. The molecule has 0 spiro atoms. The molecule has 3 rings (SSSR count). The van der Waals surface area contributed by atoms with Gasteiger partial charge in [0.15, 0.2) is 0 Å². The molecule has 2 N–H and O–H groups in total. The topological polar surface area (TPSA) is 48.1 Å². The molecule has 1 fully saturated rings. The van der Waals surface area contributed by atoms with E-state index in [9.17, 15) is 4.79 Å². The Labute approximate surface area is 119 Å². The van der Waals surface area contributed by atoms with Crippen molar-refractivity contribution < 1.29 is 4.79 Å². The van der Waals surface area contributed by atoms with Crippen LogP contribution < -0.4 is 5.32 Å². The number of rotatable bonds is 3. The molecule has 0 radical (unpaired) electrons. The van der Waals surface area contributed by atoms with Gasteiger partial charge in [-0.05, 0) is 31.5 Å². The Morgan fingerprint density at radius 2 is 2.15 bits per heavy atom. The number of nitrogens with one attached hydrogen (secondary N) is 2. The van der Waals surface area contributed by atoms with Gasteiger partial charge in [-0.1, -0.05) is 19.1 Å². The predicted molar refractivity (Wildman–Crippen MR) is 80.9 cm³/mol. The van der Waals surface area contributed by atoms with Gasteiger partial charge in [0.25, 0.3) is 5.91 Å². The standard InChI is InChI=1S/C16H21N3O/c1-2-19-10-7-13(8-11-19)18-16(20)14-5-3-4-12-6-9-17-15(12)14/h3-6,9,13,17H,2,7-8,10-11H2,1H3,(H,18,20). The molecule has 1 amide bonds. The van der Waals surface area contributed by atoms with Crippen LogP contribution in [0.5, 0.6) is 0 Å². The zero-order chi connectivity index (χ0) is 13.9. The summed E-state index contributed by atoms with van der Waals surface area (Å²) in [4.78, 5) is 18.0. The molecule has 0 saturated carbocycles. The van der Waals surface area contributed by atoms with Crippen molar-refractivity contribution in [1.29, 1.82) is 0 Å². The number of H-pyrrole nitrogens is 1. The molecular formula is C16H21N3O. The zero-order valence-electron chi connectivity index (χ0n) is 11.9. The van der Waals surface area contributed by atoms with Crippen molar-refractivity contribution in [3.8, 4) is 0 Å². The largest absolute Gasteiger partial charge is 0.361 e. The van der Waals surface area contributed by atoms with Crippen LogP contribution in [0.1, 0.15) is 30.1 Å². The molecule has 2 aromatic rings. The summed E-state index contributed by atoms with van der Waals surface area (Å²) in [6.45, 7) is 5.44. The van der Waals surface area contributed by atoms with E-state index in [4.69, 9.17) is 0 Å². The van der Waals surface area contributed by atoms with Crippen molar-refractivity contribution in [1.82, 2.24) is 15.2 Å². The molecule has 4 nitrogen and oxygen atoms in total. The smallest absolute Gasteiger partial charge is 0.253 e. The average molecular weight is 271 g/mol. The lowest BCUT2D eigenvalue weighted by Crippen LogP contribution is -2.44. The van der Waals surface area contributed by atoms with E-state index in [0.29, 0.717) is 6.04 Å². The molecular weight excluding hydrogens is 250 g/mol. The van der Waals surface area contributed by atoms with Crippen LogP contribution in [0.25, 0.3) is 10.9 Å². The third-order valence-corrected chi connectivity index (χ3v) is 4.20. The van der Waals surface area contributed by atoms with Crippen LogP contribution in [0.15, 0.2) is 30.5 Å². The molecule has 1 aliphatic rings. The molecule has 106 valence electrons. The van der Waals surface area contributed by atoms with Crippen molar-refractivity contribution in [2.75, 3.05) is 19.6 Å². The lowest BCUT2D eigenvalue weighted by molar-refractivity contribution is 0.0914. The van der Waals surface area contributed by atoms with E-state index in [1.807, 2.05) is 30.5 Å². The number of nitrogens with zero attached hydrogens (tertiary/aromatic N) is 1. The number of hydrogen-bond acceptors (Lipinski definition) is 2. The fourth-order valence-electron chi connectivity index (χ4n) is 2.93. The van der Waals surface area contributed by atoms with Crippen LogP contribution >= 0.6 is 0 Å². The van der Waals surface area contributed by atoms with Gasteiger partial charge >= 0.3 is 0 Å². The number of fused-ring (bicyclic) bond motifs is 1. The summed E-state index contributed by atoms with van der Waals surface area (Å²) in [6.07, 6.45) is 3.96. The van der Waals surface area contributed by atoms with E-state index in [1.54, 1.807) is 0 Å². The third kappa shape index (κ3) is 2.56. The molecule has 20 heavy (non-hydrogen) atoms. The summed E-state index contributed by atoms with van der Waals surface area (Å²) >= 11 is 0. The summed E-state index contributed by atoms with van der Waals surface area (Å²) < 4.78 is 0. The number of carbonyl (C=O) groups is 1. The second kappa shape index (κ2) is 5.67. The van der Waals surface area contributed by atoms with Crippen molar-refractivity contribution in [2.45, 2.75) is 25.8 Å². The highest BCUT2D eigenvalue weighted by Gasteiger charge is 2.21. The third-order valence-electron chi connectivity index (χ3n) is 4.20. The minimum atomic E-state index is 0.0352. The number of amides is 1. The summed E-state index contributed by atoms with van der Waals surface area (Å²) in [5.74, 6) is 0.0352. The lowest BCUT2D eigenvalue weighted by Gasteiger charge is -2.31. The number of aromatic nitrogens is 1. The van der Waals surface area contributed by atoms with E-state index in [0.717, 1.165) is 48.9 Å². The second-order valence-corrected chi connectivity index (χ2v) is 5.43. The second-order valence-electron chi connectivity index (χ2n) is 5.43. The van der Waals surface area contributed by atoms with Crippen LogP contribution in [0.2, 0.25) is 0 Å². The highest BCUT2D eigenvalue weighted by atomic mass is 16.1. The maximum Gasteiger partial charge on any atom is 0.253 e. The van der Waals surface area contributed by atoms with Crippen molar-refractivity contribution in [2.24, 2.45) is 0 Å². The monoisotopic (exact) mass is 271 g/mol. The van der Waals surface area contributed by atoms with Crippen molar-refractivity contribution >= 4 is 16.8 Å². The van der Waals surface area contributed by atoms with E-state index >= 15 is 0 Å². The molecule has 4 heteroatoms. The van der Waals surface area contributed by atoms with Gasteiger partial charge in [0, 0.05) is 30.7 Å². The highest BCUT2D eigenvalue weighted by Crippen LogP contribution is 2.18. The number of hydrogen-bond donors (Lipinski definition) is 2. The molecule has 0 unspecified atom stereocenters. The summed E-state index contributed by atoms with van der Waals surface area (Å²) in [6, 6.07) is 8.13. The van der Waals surface area contributed by atoms with Crippen LogP contribution in [-0.4, -0.2) is 41.5 Å². The zero-order valence-corrected chi connectivity index (χ0v) is 11.9. The van der Waals surface area contributed by atoms with Crippen LogP contribution in [0.3, 0.4) is 0 Å². The molecule has 1 aromatic heterocycles. The number of likely N-dealkylation sites (tertiary alicyclic amines) is 1. The van der Waals surface area contributed by atoms with E-state index < -0.39 is 0 Å². The maximum absolute atomic E-state index is 12.4. The van der Waals surface area contributed by atoms with Crippen LogP contribution in [0, 0.1) is 0 Å². The Morgan fingerprint density at radius 3 is 2.90 bits per heavy atom. The molecule has 2 heterocycles. The number of carbonyl (C=O) groups excluding carboxylic acids is 1. The van der Waals surface area contributed by atoms with Gasteiger partial charge in [-0.2, -0.15) is 0 Å². The van der Waals surface area contributed by atoms with Gasteiger partial charge in [-0.3, -0.25) is 4.79 Å². The first kappa shape index (κ1) is 13.2. The maximum atomic E-state index is 12.4. The van der Waals surface area contributed by atoms with Crippen LogP contribution in [-0.2, 0) is 0 Å². The fraction of sp³-hybridized carbons (Fsp3) is 0.438. The fourth-order valence-corrected chi connectivity index (χ4v) is 2.93. The van der Waals surface area contributed by atoms with E-state index in [2.05, 4.69) is 22.1 Å². The molecule has 0 atom stereocenters. The Bertz CT molecular complexity index is 597. The Hall–Kier alpha value is -1.81. The lowest BCUT2D eigenvalue weighted by atomic mass is 10.0. The van der Waals surface area contributed by atoms with Gasteiger partial charge in [-0.25, -0.2) is 0 Å². The van der Waals surface area contributed by atoms with Gasteiger partial charge in [0.1, 0.15) is 0 Å². The molecule has 0 bridgehead atoms. The van der Waals surface area contributed by atoms with Gasteiger partial charge in [0.05, 0.1) is 11.1 Å². The molecule has 1 aliphatic heterocycles. The Morgan fingerprint density at radius 1 is 1.35 bits per heavy atom. The van der Waals surface area contributed by atoms with E-state index in [-0.39, 0.29) is 5.91 Å². The quantitative estimate of drug-likeness (QED) is 0.900. The molecule has 0 aliphatic carbocycles. The van der Waals surface area contributed by atoms with Crippen LogP contribution in [0.4, 0.5) is 0 Å². The average Bonchev–Trinajstić information content (AvgIpc) is 2.96. The molecule has 1 saturated heterocycles. The SMILES string of the molecule is CCN1CCC(NC(=O)c2cccc3cc[nH]c23)CC1. The van der Waals surface area contributed by atoms with Gasteiger partial charge in [-0.15, -0.1) is 0 Å². The highest BCUT2D eigenvalue weighted by molar-refractivity contribution is 6.05.